The minimum atomic E-state index is -0.573. The molecule has 0 radical (unpaired) electrons. The second-order valence-corrected chi connectivity index (χ2v) is 7.36. The topological polar surface area (TPSA) is 150 Å². The van der Waals surface area contributed by atoms with Crippen LogP contribution in [-0.2, 0) is 24.4 Å². The van der Waals surface area contributed by atoms with Crippen LogP contribution in [0.3, 0.4) is 0 Å². The summed E-state index contributed by atoms with van der Waals surface area (Å²) < 4.78 is 8.20. The molecule has 0 aliphatic heterocycles. The normalized spacial score (nSPS) is 11.9. The minimum absolute atomic E-state index is 0.0580. The van der Waals surface area contributed by atoms with Crippen LogP contribution in [0.1, 0.15) is 41.5 Å². The second kappa shape index (κ2) is 9.45. The van der Waals surface area contributed by atoms with Crippen molar-refractivity contribution in [3.63, 3.8) is 0 Å². The van der Waals surface area contributed by atoms with Gasteiger partial charge in [-0.1, -0.05) is 6.92 Å². The van der Waals surface area contributed by atoms with E-state index in [9.17, 15) is 19.7 Å². The van der Waals surface area contributed by atoms with Crippen molar-refractivity contribution >= 4 is 23.2 Å². The third-order valence-electron chi connectivity index (χ3n) is 4.98. The Bertz CT molecular complexity index is 1130. The quantitative estimate of drug-likeness (QED) is 0.381. The van der Waals surface area contributed by atoms with Crippen LogP contribution in [0, 0.1) is 29.9 Å². The zero-order chi connectivity index (χ0) is 23.4. The zero-order valence-corrected chi connectivity index (χ0v) is 18.3. The number of nitrogens with one attached hydrogen (secondary N) is 2. The molecule has 170 valence electrons. The zero-order valence-electron chi connectivity index (χ0n) is 18.3. The lowest BCUT2D eigenvalue weighted by molar-refractivity contribution is -0.386. The van der Waals surface area contributed by atoms with Crippen LogP contribution in [0.5, 0.6) is 0 Å². The summed E-state index contributed by atoms with van der Waals surface area (Å²) in [6, 6.07) is 3.45. The van der Waals surface area contributed by atoms with Gasteiger partial charge in [-0.3, -0.25) is 29.1 Å². The molecular formula is C20H25N7O5. The highest BCUT2D eigenvalue weighted by Gasteiger charge is 2.25. The summed E-state index contributed by atoms with van der Waals surface area (Å²) in [7, 11) is 0. The molecule has 0 spiro atoms. The summed E-state index contributed by atoms with van der Waals surface area (Å²) >= 11 is 0. The highest BCUT2D eigenvalue weighted by Crippen LogP contribution is 2.23. The fraction of sp³-hybridized carbons (Fsp3) is 0.400. The van der Waals surface area contributed by atoms with Gasteiger partial charge in [-0.05, 0) is 32.9 Å². The van der Waals surface area contributed by atoms with E-state index in [2.05, 4.69) is 20.8 Å². The van der Waals surface area contributed by atoms with E-state index in [0.29, 0.717) is 23.7 Å². The molecule has 0 aliphatic carbocycles. The lowest BCUT2D eigenvalue weighted by Crippen LogP contribution is -2.28. The Morgan fingerprint density at radius 1 is 1.31 bits per heavy atom. The maximum Gasteiger partial charge on any atom is 0.312 e. The molecule has 0 aromatic carbocycles. The monoisotopic (exact) mass is 443 g/mol. The van der Waals surface area contributed by atoms with Gasteiger partial charge in [-0.25, -0.2) is 0 Å². The van der Waals surface area contributed by atoms with E-state index in [1.807, 2.05) is 6.92 Å². The Balaban J connectivity index is 1.71. The number of nitrogens with zero attached hydrogens (tertiary/aromatic N) is 5. The SMILES string of the molecule is CCn1cc(NC(=O)C(C)Cn2nc(C)c([N+](=O)[O-])c2C)c(C(=O)NCc2ccco2)n1. The molecule has 3 heterocycles. The first kappa shape index (κ1) is 22.7. The average Bonchev–Trinajstić information content (AvgIpc) is 3.46. The highest BCUT2D eigenvalue weighted by atomic mass is 16.6. The van der Waals surface area contributed by atoms with Gasteiger partial charge in [0.1, 0.15) is 17.1 Å². The van der Waals surface area contributed by atoms with E-state index in [0.717, 1.165) is 0 Å². The van der Waals surface area contributed by atoms with Gasteiger partial charge in [-0.15, -0.1) is 0 Å². The van der Waals surface area contributed by atoms with Gasteiger partial charge < -0.3 is 15.1 Å². The van der Waals surface area contributed by atoms with Crippen LogP contribution in [0.4, 0.5) is 11.4 Å². The molecule has 0 saturated heterocycles. The van der Waals surface area contributed by atoms with Crippen molar-refractivity contribution in [3.05, 3.63) is 57.5 Å². The second-order valence-electron chi connectivity index (χ2n) is 7.36. The van der Waals surface area contributed by atoms with Crippen LogP contribution in [0.25, 0.3) is 0 Å². The number of anilines is 1. The maximum absolute atomic E-state index is 12.8. The number of rotatable bonds is 9. The molecular weight excluding hydrogens is 418 g/mol. The molecule has 1 unspecified atom stereocenters. The summed E-state index contributed by atoms with van der Waals surface area (Å²) in [5.41, 5.74) is 0.974. The van der Waals surface area contributed by atoms with Crippen molar-refractivity contribution in [3.8, 4) is 0 Å². The fourth-order valence-corrected chi connectivity index (χ4v) is 3.23. The number of hydrogen-bond donors (Lipinski definition) is 2. The van der Waals surface area contributed by atoms with Gasteiger partial charge in [0.2, 0.25) is 5.91 Å². The standard InChI is InChI=1S/C20H25N7O5/c1-5-25-11-16(17(24-25)20(29)21-9-15-7-6-8-32-15)22-19(28)12(2)10-26-14(4)18(27(30)31)13(3)23-26/h6-8,11-12H,5,9-10H2,1-4H3,(H,21,29)(H,22,28). The number of aryl methyl sites for hydroxylation is 2. The Hall–Kier alpha value is -3.96. The van der Waals surface area contributed by atoms with Crippen molar-refractivity contribution in [1.29, 1.82) is 0 Å². The predicted octanol–water partition coefficient (Wildman–Crippen LogP) is 2.42. The predicted molar refractivity (Wildman–Crippen MR) is 114 cm³/mol. The van der Waals surface area contributed by atoms with E-state index in [4.69, 9.17) is 4.42 Å². The number of carbonyl (C=O) groups is 2. The molecule has 2 N–H and O–H groups in total. The van der Waals surface area contributed by atoms with Crippen LogP contribution in [0.2, 0.25) is 0 Å². The van der Waals surface area contributed by atoms with Gasteiger partial charge in [0.05, 0.1) is 35.9 Å². The number of amides is 2. The smallest absolute Gasteiger partial charge is 0.312 e. The summed E-state index contributed by atoms with van der Waals surface area (Å²) in [6.07, 6.45) is 3.10. The Labute approximate surface area is 183 Å². The van der Waals surface area contributed by atoms with Crippen LogP contribution >= 0.6 is 0 Å². The van der Waals surface area contributed by atoms with Gasteiger partial charge >= 0.3 is 5.69 Å². The third-order valence-corrected chi connectivity index (χ3v) is 4.98. The summed E-state index contributed by atoms with van der Waals surface area (Å²) in [5.74, 6) is -0.801. The number of nitro groups is 1. The first-order valence-corrected chi connectivity index (χ1v) is 10.1. The van der Waals surface area contributed by atoms with E-state index in [1.165, 1.54) is 10.9 Å². The van der Waals surface area contributed by atoms with Crippen molar-refractivity contribution in [1.82, 2.24) is 24.9 Å². The molecule has 3 rings (SSSR count). The van der Waals surface area contributed by atoms with E-state index >= 15 is 0 Å². The van der Waals surface area contributed by atoms with Crippen LogP contribution in [-0.4, -0.2) is 36.3 Å². The van der Waals surface area contributed by atoms with Gasteiger partial charge in [0.15, 0.2) is 5.69 Å². The summed E-state index contributed by atoms with van der Waals surface area (Å²) in [4.78, 5) is 36.1. The van der Waals surface area contributed by atoms with Crippen molar-refractivity contribution in [2.45, 2.75) is 47.3 Å². The van der Waals surface area contributed by atoms with Gasteiger partial charge in [0, 0.05) is 12.7 Å². The maximum atomic E-state index is 12.8. The molecule has 0 saturated carbocycles. The third kappa shape index (κ3) is 4.85. The Morgan fingerprint density at radius 2 is 2.06 bits per heavy atom. The van der Waals surface area contributed by atoms with Crippen LogP contribution < -0.4 is 10.6 Å². The largest absolute Gasteiger partial charge is 0.467 e. The Kier molecular flexibility index (Phi) is 6.71. The highest BCUT2D eigenvalue weighted by molar-refractivity contribution is 6.02. The number of carbonyl (C=O) groups excluding carboxylic acids is 2. The number of furan rings is 1. The molecule has 32 heavy (non-hydrogen) atoms. The molecule has 0 fully saturated rings. The summed E-state index contributed by atoms with van der Waals surface area (Å²) in [5, 5.41) is 25.1. The molecule has 0 bridgehead atoms. The first-order chi connectivity index (χ1) is 15.2. The van der Waals surface area contributed by atoms with Crippen molar-refractivity contribution in [2.75, 3.05) is 5.32 Å². The Morgan fingerprint density at radius 3 is 2.66 bits per heavy atom. The van der Waals surface area contributed by atoms with Crippen molar-refractivity contribution in [2.24, 2.45) is 5.92 Å². The molecule has 3 aromatic heterocycles. The number of hydrogen-bond acceptors (Lipinski definition) is 7. The van der Waals surface area contributed by atoms with E-state index in [-0.39, 0.29) is 36.1 Å². The summed E-state index contributed by atoms with van der Waals surface area (Å²) in [6.45, 7) is 7.54. The molecule has 12 nitrogen and oxygen atoms in total. The number of aromatic nitrogens is 4. The van der Waals surface area contributed by atoms with E-state index < -0.39 is 16.7 Å². The van der Waals surface area contributed by atoms with Gasteiger partial charge in [-0.2, -0.15) is 10.2 Å². The average molecular weight is 443 g/mol. The fourth-order valence-electron chi connectivity index (χ4n) is 3.23. The van der Waals surface area contributed by atoms with Gasteiger partial charge in [0.25, 0.3) is 5.91 Å². The molecule has 12 heteroatoms. The lowest BCUT2D eigenvalue weighted by Gasteiger charge is -2.13. The minimum Gasteiger partial charge on any atom is -0.467 e. The van der Waals surface area contributed by atoms with E-state index in [1.54, 1.807) is 43.8 Å². The van der Waals surface area contributed by atoms with Crippen LogP contribution in [0.15, 0.2) is 29.0 Å². The molecule has 2 amide bonds. The molecule has 0 aliphatic rings. The first-order valence-electron chi connectivity index (χ1n) is 10.1. The molecule has 3 aromatic rings. The van der Waals surface area contributed by atoms with Crippen molar-refractivity contribution < 1.29 is 18.9 Å². The lowest BCUT2D eigenvalue weighted by atomic mass is 10.1. The molecule has 1 atom stereocenters.